The maximum atomic E-state index is 13.1. The molecule has 0 fully saturated rings. The minimum Gasteiger partial charge on any atom is -0.205 e. The predicted molar refractivity (Wildman–Crippen MR) is 54.5 cm³/mol. The van der Waals surface area contributed by atoms with E-state index in [1.165, 1.54) is 17.4 Å². The van der Waals surface area contributed by atoms with Gasteiger partial charge >= 0.3 is 0 Å². The number of hydrogen-bond donors (Lipinski definition) is 1. The first kappa shape index (κ1) is 8.08. The summed E-state index contributed by atoms with van der Waals surface area (Å²) in [6, 6.07) is 5.15. The van der Waals surface area contributed by atoms with E-state index in [0.29, 0.717) is 5.75 Å². The van der Waals surface area contributed by atoms with E-state index >= 15 is 0 Å². The fourth-order valence-corrected chi connectivity index (χ4v) is 2.56. The highest BCUT2D eigenvalue weighted by Crippen LogP contribution is 2.28. The highest BCUT2D eigenvalue weighted by molar-refractivity contribution is 7.79. The van der Waals surface area contributed by atoms with Crippen molar-refractivity contribution in [3.05, 3.63) is 35.0 Å². The zero-order valence-corrected chi connectivity index (χ0v) is 7.96. The van der Waals surface area contributed by atoms with Crippen LogP contribution in [0.1, 0.15) is 5.56 Å². The number of rotatable bonds is 1. The molecule has 0 unspecified atom stereocenters. The lowest BCUT2D eigenvalue weighted by molar-refractivity contribution is 0.641. The van der Waals surface area contributed by atoms with Gasteiger partial charge in [-0.25, -0.2) is 4.39 Å². The minimum atomic E-state index is -0.134. The molecule has 0 bridgehead atoms. The van der Waals surface area contributed by atoms with Crippen molar-refractivity contribution in [2.45, 2.75) is 5.75 Å². The second kappa shape index (κ2) is 3.07. The number of thiophene rings is 1. The first-order valence-corrected chi connectivity index (χ1v) is 5.09. The number of benzene rings is 1. The average Bonchev–Trinajstić information content (AvgIpc) is 2.49. The normalized spacial score (nSPS) is 10.8. The summed E-state index contributed by atoms with van der Waals surface area (Å²) < 4.78 is 13.9. The van der Waals surface area contributed by atoms with Gasteiger partial charge in [0.15, 0.2) is 0 Å². The molecule has 0 spiro atoms. The van der Waals surface area contributed by atoms with E-state index in [9.17, 15) is 4.39 Å². The van der Waals surface area contributed by atoms with Crippen molar-refractivity contribution in [2.24, 2.45) is 0 Å². The van der Waals surface area contributed by atoms with E-state index in [1.54, 1.807) is 6.07 Å². The molecule has 0 saturated heterocycles. The molecule has 0 atom stereocenters. The van der Waals surface area contributed by atoms with Crippen LogP contribution in [0.15, 0.2) is 23.6 Å². The molecule has 0 nitrogen and oxygen atoms in total. The van der Waals surface area contributed by atoms with Gasteiger partial charge in [-0.3, -0.25) is 0 Å². The molecule has 0 aliphatic rings. The zero-order valence-electron chi connectivity index (χ0n) is 6.25. The van der Waals surface area contributed by atoms with Crippen molar-refractivity contribution in [1.29, 1.82) is 0 Å². The molecule has 0 aliphatic heterocycles. The molecule has 0 saturated carbocycles. The van der Waals surface area contributed by atoms with E-state index in [2.05, 4.69) is 12.6 Å². The van der Waals surface area contributed by atoms with Crippen LogP contribution in [0, 0.1) is 5.82 Å². The molecule has 1 aromatic carbocycles. The summed E-state index contributed by atoms with van der Waals surface area (Å²) in [7, 11) is 0. The van der Waals surface area contributed by atoms with Gasteiger partial charge in [-0.05, 0) is 22.4 Å². The molecule has 1 aromatic heterocycles. The third-order valence-corrected chi connectivity index (χ3v) is 3.20. The smallest absolute Gasteiger partial charge is 0.140 e. The lowest BCUT2D eigenvalue weighted by atomic mass is 10.2. The van der Waals surface area contributed by atoms with Crippen LogP contribution in [0.4, 0.5) is 4.39 Å². The van der Waals surface area contributed by atoms with Crippen LogP contribution in [0.5, 0.6) is 0 Å². The number of halogens is 1. The van der Waals surface area contributed by atoms with E-state index in [1.807, 2.05) is 11.4 Å². The minimum absolute atomic E-state index is 0.134. The van der Waals surface area contributed by atoms with Gasteiger partial charge in [-0.1, -0.05) is 12.1 Å². The summed E-state index contributed by atoms with van der Waals surface area (Å²) in [4.78, 5) is 0. The van der Waals surface area contributed by atoms with Crippen molar-refractivity contribution < 1.29 is 4.39 Å². The van der Waals surface area contributed by atoms with Crippen LogP contribution in [-0.4, -0.2) is 0 Å². The van der Waals surface area contributed by atoms with Gasteiger partial charge in [0, 0.05) is 5.75 Å². The standard InChI is InChI=1S/C9H7FS2/c10-8-3-1-2-7-6(4-11)5-12-9(7)8/h1-3,5,11H,4H2. The first-order valence-electron chi connectivity index (χ1n) is 3.58. The molecule has 1 heterocycles. The van der Waals surface area contributed by atoms with E-state index in [-0.39, 0.29) is 5.82 Å². The van der Waals surface area contributed by atoms with Gasteiger partial charge in [-0.2, -0.15) is 12.6 Å². The number of fused-ring (bicyclic) bond motifs is 1. The number of thiol groups is 1. The van der Waals surface area contributed by atoms with Crippen LogP contribution in [0.25, 0.3) is 10.1 Å². The van der Waals surface area contributed by atoms with Crippen molar-refractivity contribution in [3.8, 4) is 0 Å². The van der Waals surface area contributed by atoms with Crippen molar-refractivity contribution in [3.63, 3.8) is 0 Å². The van der Waals surface area contributed by atoms with Gasteiger partial charge in [0.1, 0.15) is 5.82 Å². The van der Waals surface area contributed by atoms with Crippen molar-refractivity contribution in [2.75, 3.05) is 0 Å². The van der Waals surface area contributed by atoms with Crippen LogP contribution in [-0.2, 0) is 5.75 Å². The van der Waals surface area contributed by atoms with Gasteiger partial charge < -0.3 is 0 Å². The van der Waals surface area contributed by atoms with Crippen LogP contribution in [0.2, 0.25) is 0 Å². The van der Waals surface area contributed by atoms with E-state index < -0.39 is 0 Å². The molecule has 2 aromatic rings. The summed E-state index contributed by atoms with van der Waals surface area (Å²) in [6.07, 6.45) is 0. The maximum Gasteiger partial charge on any atom is 0.140 e. The summed E-state index contributed by atoms with van der Waals surface area (Å²) >= 11 is 5.61. The van der Waals surface area contributed by atoms with Gasteiger partial charge in [-0.15, -0.1) is 11.3 Å². The molecular formula is C9H7FS2. The monoisotopic (exact) mass is 198 g/mol. The third kappa shape index (κ3) is 1.13. The van der Waals surface area contributed by atoms with E-state index in [0.717, 1.165) is 15.6 Å². The third-order valence-electron chi connectivity index (χ3n) is 1.80. The van der Waals surface area contributed by atoms with E-state index in [4.69, 9.17) is 0 Å². The molecule has 0 radical (unpaired) electrons. The first-order chi connectivity index (χ1) is 5.83. The lowest BCUT2D eigenvalue weighted by Crippen LogP contribution is -1.75. The molecule has 0 aliphatic carbocycles. The Labute approximate surface area is 79.4 Å². The molecule has 12 heavy (non-hydrogen) atoms. The predicted octanol–water partition coefficient (Wildman–Crippen LogP) is 3.47. The topological polar surface area (TPSA) is 0 Å². The number of hydrogen-bond acceptors (Lipinski definition) is 2. The maximum absolute atomic E-state index is 13.1. The fourth-order valence-electron chi connectivity index (χ4n) is 1.20. The second-order valence-electron chi connectivity index (χ2n) is 2.54. The molecule has 0 N–H and O–H groups in total. The Balaban J connectivity index is 2.80. The summed E-state index contributed by atoms with van der Waals surface area (Å²) in [5.74, 6) is 0.536. The zero-order chi connectivity index (χ0) is 8.55. The fraction of sp³-hybridized carbons (Fsp3) is 0.111. The summed E-state index contributed by atoms with van der Waals surface area (Å²) in [5, 5.41) is 2.95. The lowest BCUT2D eigenvalue weighted by Gasteiger charge is -1.93. The van der Waals surface area contributed by atoms with Gasteiger partial charge in [0.05, 0.1) is 4.70 Å². The SMILES string of the molecule is Fc1cccc2c(CS)csc12. The highest BCUT2D eigenvalue weighted by Gasteiger charge is 2.05. The molecule has 62 valence electrons. The molecule has 0 amide bonds. The Kier molecular flexibility index (Phi) is 2.07. The van der Waals surface area contributed by atoms with Crippen LogP contribution in [0.3, 0.4) is 0 Å². The van der Waals surface area contributed by atoms with Gasteiger partial charge in [0.25, 0.3) is 0 Å². The Morgan fingerprint density at radius 2 is 2.25 bits per heavy atom. The van der Waals surface area contributed by atoms with Crippen molar-refractivity contribution >= 4 is 34.1 Å². The Morgan fingerprint density at radius 1 is 1.42 bits per heavy atom. The summed E-state index contributed by atoms with van der Waals surface area (Å²) in [6.45, 7) is 0. The molecule has 3 heteroatoms. The highest BCUT2D eigenvalue weighted by atomic mass is 32.1. The molecular weight excluding hydrogens is 191 g/mol. The molecule has 2 rings (SSSR count). The van der Waals surface area contributed by atoms with Crippen LogP contribution < -0.4 is 0 Å². The Hall–Kier alpha value is -0.540. The second-order valence-corrected chi connectivity index (χ2v) is 3.73. The Bertz CT molecular complexity index is 406. The average molecular weight is 198 g/mol. The van der Waals surface area contributed by atoms with Gasteiger partial charge in [0.2, 0.25) is 0 Å². The summed E-state index contributed by atoms with van der Waals surface area (Å²) in [5.41, 5.74) is 1.11. The quantitative estimate of drug-likeness (QED) is 0.666. The largest absolute Gasteiger partial charge is 0.205 e. The van der Waals surface area contributed by atoms with Crippen LogP contribution >= 0.6 is 24.0 Å². The van der Waals surface area contributed by atoms with Crippen molar-refractivity contribution in [1.82, 2.24) is 0 Å². The Morgan fingerprint density at radius 3 is 3.00 bits per heavy atom.